The first kappa shape index (κ1) is 13.5. The molecule has 110 valence electrons. The molecule has 0 radical (unpaired) electrons. The van der Waals surface area contributed by atoms with Crippen LogP contribution >= 0.6 is 0 Å². The Balaban J connectivity index is 2.10. The predicted octanol–water partition coefficient (Wildman–Crippen LogP) is 2.48. The third-order valence-electron chi connectivity index (χ3n) is 4.13. The molecule has 0 N–H and O–H groups in total. The summed E-state index contributed by atoms with van der Waals surface area (Å²) in [6, 6.07) is 0.214. The van der Waals surface area contributed by atoms with Crippen LogP contribution in [-0.4, -0.2) is 35.6 Å². The second-order valence-electron chi connectivity index (χ2n) is 5.33. The topological polar surface area (TPSA) is 32.3 Å². The van der Waals surface area contributed by atoms with Crippen LogP contribution in [-0.2, 0) is 12.6 Å². The van der Waals surface area contributed by atoms with Crippen molar-refractivity contribution < 1.29 is 13.2 Å². The molecule has 20 heavy (non-hydrogen) atoms. The van der Waals surface area contributed by atoms with Crippen molar-refractivity contribution in [1.29, 1.82) is 0 Å². The van der Waals surface area contributed by atoms with Gasteiger partial charge < -0.3 is 9.80 Å². The van der Waals surface area contributed by atoms with Gasteiger partial charge in [-0.1, -0.05) is 0 Å². The van der Waals surface area contributed by atoms with Crippen molar-refractivity contribution in [3.8, 4) is 0 Å². The number of fused-ring (bicyclic) bond motifs is 1. The minimum absolute atomic E-state index is 0.214. The average molecular weight is 286 g/mol. The molecule has 1 saturated heterocycles. The zero-order valence-corrected chi connectivity index (χ0v) is 11.5. The van der Waals surface area contributed by atoms with Gasteiger partial charge in [0.25, 0.3) is 0 Å². The van der Waals surface area contributed by atoms with Crippen molar-refractivity contribution in [1.82, 2.24) is 9.97 Å². The van der Waals surface area contributed by atoms with Gasteiger partial charge in [0.1, 0.15) is 5.82 Å². The van der Waals surface area contributed by atoms with Crippen LogP contribution in [0.25, 0.3) is 0 Å². The summed E-state index contributed by atoms with van der Waals surface area (Å²) in [6.07, 6.45) is -3.08. The fraction of sp³-hybridized carbons (Fsp3) is 0.692. The number of hydrogen-bond donors (Lipinski definition) is 0. The van der Waals surface area contributed by atoms with E-state index >= 15 is 0 Å². The highest BCUT2D eigenvalue weighted by atomic mass is 19.4. The normalized spacial score (nSPS) is 21.9. The van der Waals surface area contributed by atoms with E-state index < -0.39 is 11.9 Å². The highest BCUT2D eigenvalue weighted by Crippen LogP contribution is 2.39. The number of likely N-dealkylation sites (N-methyl/N-ethyl adjacent to an activating group) is 1. The molecule has 0 aromatic carbocycles. The standard InChI is InChI=1S/C13H17F3N4/c1-3-19-6-5-9-10(13(14,15)16)17-12(18-11(9)19)20-7-4-8(20)2/h8H,3-7H2,1-2H3/t8-/m0/s1. The maximum Gasteiger partial charge on any atom is 0.433 e. The second-order valence-corrected chi connectivity index (χ2v) is 5.33. The Bertz CT molecular complexity index is 529. The number of rotatable bonds is 2. The first-order valence-electron chi connectivity index (χ1n) is 6.91. The Hall–Kier alpha value is -1.53. The minimum atomic E-state index is -4.42. The molecule has 0 unspecified atom stereocenters. The number of hydrogen-bond acceptors (Lipinski definition) is 4. The molecule has 1 aromatic heterocycles. The summed E-state index contributed by atoms with van der Waals surface area (Å²) >= 11 is 0. The first-order chi connectivity index (χ1) is 9.41. The fourth-order valence-corrected chi connectivity index (χ4v) is 2.79. The lowest BCUT2D eigenvalue weighted by atomic mass is 10.1. The van der Waals surface area contributed by atoms with E-state index in [-0.39, 0.29) is 17.6 Å². The Kier molecular flexibility index (Phi) is 3.02. The Morgan fingerprint density at radius 1 is 1.25 bits per heavy atom. The first-order valence-corrected chi connectivity index (χ1v) is 6.91. The Morgan fingerprint density at radius 2 is 2.00 bits per heavy atom. The summed E-state index contributed by atoms with van der Waals surface area (Å²) in [5, 5.41) is 0. The SMILES string of the molecule is CCN1CCc2c1nc(N1CC[C@@H]1C)nc2C(F)(F)F. The van der Waals surface area contributed by atoms with Gasteiger partial charge in [-0.2, -0.15) is 18.2 Å². The average Bonchev–Trinajstić information content (AvgIpc) is 2.77. The van der Waals surface area contributed by atoms with Gasteiger partial charge in [-0.05, 0) is 26.7 Å². The highest BCUT2D eigenvalue weighted by Gasteiger charge is 2.41. The van der Waals surface area contributed by atoms with E-state index in [9.17, 15) is 13.2 Å². The smallest absolute Gasteiger partial charge is 0.356 e. The molecule has 3 rings (SSSR count). The number of anilines is 2. The number of nitrogens with zero attached hydrogens (tertiary/aromatic N) is 4. The molecular formula is C13H17F3N4. The largest absolute Gasteiger partial charge is 0.433 e. The summed E-state index contributed by atoms with van der Waals surface area (Å²) in [6.45, 7) is 5.88. The highest BCUT2D eigenvalue weighted by molar-refractivity contribution is 5.58. The zero-order chi connectivity index (χ0) is 14.5. The van der Waals surface area contributed by atoms with Crippen LogP contribution in [0.5, 0.6) is 0 Å². The predicted molar refractivity (Wildman–Crippen MR) is 70.1 cm³/mol. The van der Waals surface area contributed by atoms with E-state index in [2.05, 4.69) is 9.97 Å². The van der Waals surface area contributed by atoms with Crippen LogP contribution in [0.2, 0.25) is 0 Å². The maximum atomic E-state index is 13.2. The van der Waals surface area contributed by atoms with E-state index in [0.29, 0.717) is 25.3 Å². The molecule has 0 amide bonds. The molecule has 0 bridgehead atoms. The van der Waals surface area contributed by atoms with Crippen LogP contribution < -0.4 is 9.80 Å². The van der Waals surface area contributed by atoms with Crippen molar-refractivity contribution in [2.24, 2.45) is 0 Å². The van der Waals surface area contributed by atoms with Gasteiger partial charge in [0.05, 0.1) is 0 Å². The van der Waals surface area contributed by atoms with Crippen molar-refractivity contribution in [3.05, 3.63) is 11.3 Å². The quantitative estimate of drug-likeness (QED) is 0.836. The molecule has 1 aromatic rings. The van der Waals surface area contributed by atoms with Crippen LogP contribution in [0, 0.1) is 0 Å². The summed E-state index contributed by atoms with van der Waals surface area (Å²) in [5.41, 5.74) is -0.510. The van der Waals surface area contributed by atoms with E-state index in [0.717, 1.165) is 13.0 Å². The van der Waals surface area contributed by atoms with Gasteiger partial charge in [0.15, 0.2) is 5.69 Å². The molecule has 0 saturated carbocycles. The molecule has 2 aliphatic heterocycles. The lowest BCUT2D eigenvalue weighted by molar-refractivity contribution is -0.141. The maximum absolute atomic E-state index is 13.2. The van der Waals surface area contributed by atoms with Gasteiger partial charge in [-0.3, -0.25) is 0 Å². The van der Waals surface area contributed by atoms with Gasteiger partial charge >= 0.3 is 6.18 Å². The third kappa shape index (κ3) is 1.99. The Labute approximate surface area is 115 Å². The van der Waals surface area contributed by atoms with E-state index in [1.807, 2.05) is 23.6 Å². The van der Waals surface area contributed by atoms with Gasteiger partial charge in [-0.25, -0.2) is 4.98 Å². The molecule has 3 heterocycles. The molecule has 1 atom stereocenters. The van der Waals surface area contributed by atoms with Crippen LogP contribution in [0.4, 0.5) is 24.9 Å². The second kappa shape index (κ2) is 4.49. The summed E-state index contributed by atoms with van der Waals surface area (Å²) in [4.78, 5) is 11.9. The van der Waals surface area contributed by atoms with E-state index in [1.54, 1.807) is 0 Å². The van der Waals surface area contributed by atoms with Crippen LogP contribution in [0.3, 0.4) is 0 Å². The molecule has 2 aliphatic rings. The molecule has 0 spiro atoms. The van der Waals surface area contributed by atoms with Crippen LogP contribution in [0.1, 0.15) is 31.5 Å². The van der Waals surface area contributed by atoms with E-state index in [4.69, 9.17) is 0 Å². The van der Waals surface area contributed by atoms with Crippen molar-refractivity contribution in [3.63, 3.8) is 0 Å². The molecule has 1 fully saturated rings. The Morgan fingerprint density at radius 3 is 2.50 bits per heavy atom. The summed E-state index contributed by atoms with van der Waals surface area (Å²) in [7, 11) is 0. The number of aromatic nitrogens is 2. The van der Waals surface area contributed by atoms with Crippen molar-refractivity contribution in [2.75, 3.05) is 29.4 Å². The third-order valence-corrected chi connectivity index (χ3v) is 4.13. The molecular weight excluding hydrogens is 269 g/mol. The molecule has 7 heteroatoms. The van der Waals surface area contributed by atoms with Gasteiger partial charge in [0.2, 0.25) is 5.95 Å². The lowest BCUT2D eigenvalue weighted by Crippen LogP contribution is -2.47. The molecule has 0 aliphatic carbocycles. The summed E-state index contributed by atoms with van der Waals surface area (Å²) < 4.78 is 39.6. The minimum Gasteiger partial charge on any atom is -0.356 e. The number of alkyl halides is 3. The zero-order valence-electron chi connectivity index (χ0n) is 11.5. The molecule has 4 nitrogen and oxygen atoms in total. The van der Waals surface area contributed by atoms with Crippen molar-refractivity contribution >= 4 is 11.8 Å². The summed E-state index contributed by atoms with van der Waals surface area (Å²) in [5.74, 6) is 0.680. The van der Waals surface area contributed by atoms with Crippen molar-refractivity contribution in [2.45, 2.75) is 38.9 Å². The van der Waals surface area contributed by atoms with E-state index in [1.165, 1.54) is 0 Å². The fourth-order valence-electron chi connectivity index (χ4n) is 2.79. The van der Waals surface area contributed by atoms with Crippen LogP contribution in [0.15, 0.2) is 0 Å². The number of halogens is 3. The van der Waals surface area contributed by atoms with Gasteiger partial charge in [0, 0.05) is 31.2 Å². The lowest BCUT2D eigenvalue weighted by Gasteiger charge is -2.39. The monoisotopic (exact) mass is 286 g/mol. The van der Waals surface area contributed by atoms with Gasteiger partial charge in [-0.15, -0.1) is 0 Å².